The minimum absolute atomic E-state index is 0.00839. The van der Waals surface area contributed by atoms with E-state index in [1.807, 2.05) is 36.4 Å². The Balaban J connectivity index is 1.64. The van der Waals surface area contributed by atoms with E-state index in [1.165, 1.54) is 0 Å². The van der Waals surface area contributed by atoms with E-state index >= 15 is 0 Å². The van der Waals surface area contributed by atoms with Gasteiger partial charge < -0.3 is 5.11 Å². The van der Waals surface area contributed by atoms with E-state index in [1.54, 1.807) is 6.92 Å². The molecule has 1 fully saturated rings. The smallest absolute Gasteiger partial charge is 0.314 e. The Bertz CT molecular complexity index is 976. The largest absolute Gasteiger partial charge is 0.481 e. The van der Waals surface area contributed by atoms with Crippen LogP contribution < -0.4 is 0 Å². The summed E-state index contributed by atoms with van der Waals surface area (Å²) in [7, 11) is 0. The molecule has 154 valence electrons. The van der Waals surface area contributed by atoms with Gasteiger partial charge in [-0.15, -0.1) is 0 Å². The molecule has 3 aromatic carbocycles. The van der Waals surface area contributed by atoms with Crippen LogP contribution >= 0.6 is 0 Å². The zero-order chi connectivity index (χ0) is 21.3. The molecular formula is C25H23F2NO2. The predicted molar refractivity (Wildman–Crippen MR) is 111 cm³/mol. The van der Waals surface area contributed by atoms with Gasteiger partial charge >= 0.3 is 5.97 Å². The summed E-state index contributed by atoms with van der Waals surface area (Å²) in [6.45, 7) is 2.58. The van der Waals surface area contributed by atoms with Crippen molar-refractivity contribution in [3.63, 3.8) is 0 Å². The molecule has 3 nitrogen and oxygen atoms in total. The number of carboxylic acid groups (broad SMARTS) is 1. The molecule has 1 saturated heterocycles. The van der Waals surface area contributed by atoms with Gasteiger partial charge in [-0.25, -0.2) is 8.78 Å². The first kappa shape index (κ1) is 20.2. The van der Waals surface area contributed by atoms with Gasteiger partial charge in [-0.1, -0.05) is 60.7 Å². The molecule has 0 radical (unpaired) electrons. The molecular weight excluding hydrogens is 384 g/mol. The molecule has 1 aliphatic rings. The Morgan fingerprint density at radius 2 is 1.40 bits per heavy atom. The van der Waals surface area contributed by atoms with E-state index in [0.29, 0.717) is 13.1 Å². The van der Waals surface area contributed by atoms with Gasteiger partial charge in [-0.05, 0) is 35.7 Å². The highest BCUT2D eigenvalue weighted by molar-refractivity contribution is 5.81. The number of rotatable bonds is 6. The van der Waals surface area contributed by atoms with Gasteiger partial charge in [0.2, 0.25) is 0 Å². The SMILES string of the molecule is CC(C(=O)O)(c1cc(F)cc(F)c1)C1CN(C(c2ccccc2)c2ccccc2)C1. The molecule has 0 saturated carbocycles. The van der Waals surface area contributed by atoms with Crippen molar-refractivity contribution < 1.29 is 18.7 Å². The number of halogens is 2. The second-order valence-corrected chi connectivity index (χ2v) is 8.04. The summed E-state index contributed by atoms with van der Waals surface area (Å²) in [5.74, 6) is -2.88. The van der Waals surface area contributed by atoms with Crippen LogP contribution in [-0.2, 0) is 10.2 Å². The van der Waals surface area contributed by atoms with Crippen LogP contribution in [0.25, 0.3) is 0 Å². The maximum Gasteiger partial charge on any atom is 0.314 e. The lowest BCUT2D eigenvalue weighted by Gasteiger charge is -2.50. The predicted octanol–water partition coefficient (Wildman–Crippen LogP) is 5.03. The third kappa shape index (κ3) is 3.61. The molecule has 0 bridgehead atoms. The Morgan fingerprint density at radius 3 is 1.83 bits per heavy atom. The van der Waals surface area contributed by atoms with Crippen LogP contribution in [0.1, 0.15) is 29.7 Å². The Labute approximate surface area is 174 Å². The summed E-state index contributed by atoms with van der Waals surface area (Å²) in [6.07, 6.45) is 0. The molecule has 0 amide bonds. The van der Waals surface area contributed by atoms with Crippen molar-refractivity contribution in [2.75, 3.05) is 13.1 Å². The zero-order valence-electron chi connectivity index (χ0n) is 16.6. The lowest BCUT2D eigenvalue weighted by molar-refractivity contribution is -0.149. The molecule has 0 aliphatic carbocycles. The number of carbonyl (C=O) groups is 1. The topological polar surface area (TPSA) is 40.5 Å². The highest BCUT2D eigenvalue weighted by atomic mass is 19.1. The van der Waals surface area contributed by atoms with Crippen molar-refractivity contribution in [2.24, 2.45) is 5.92 Å². The lowest BCUT2D eigenvalue weighted by Crippen LogP contribution is -2.59. The Morgan fingerprint density at radius 1 is 0.933 bits per heavy atom. The molecule has 3 aromatic rings. The molecule has 0 aromatic heterocycles. The molecule has 30 heavy (non-hydrogen) atoms. The average molecular weight is 407 g/mol. The van der Waals surface area contributed by atoms with Gasteiger partial charge in [0.05, 0.1) is 11.5 Å². The van der Waals surface area contributed by atoms with Gasteiger partial charge in [0.1, 0.15) is 11.6 Å². The first-order chi connectivity index (χ1) is 14.4. The molecule has 1 heterocycles. The van der Waals surface area contributed by atoms with Gasteiger partial charge in [0.15, 0.2) is 0 Å². The molecule has 1 atom stereocenters. The summed E-state index contributed by atoms with van der Waals surface area (Å²) in [6, 6.07) is 23.1. The van der Waals surface area contributed by atoms with Gasteiger partial charge in [-0.2, -0.15) is 0 Å². The van der Waals surface area contributed by atoms with Crippen LogP contribution in [0.4, 0.5) is 8.78 Å². The second kappa shape index (κ2) is 8.00. The van der Waals surface area contributed by atoms with Crippen molar-refractivity contribution in [1.29, 1.82) is 0 Å². The minimum atomic E-state index is -1.38. The summed E-state index contributed by atoms with van der Waals surface area (Å²) in [5, 5.41) is 10.00. The fourth-order valence-corrected chi connectivity index (χ4v) is 4.36. The second-order valence-electron chi connectivity index (χ2n) is 8.04. The number of likely N-dealkylation sites (tertiary alicyclic amines) is 1. The molecule has 5 heteroatoms. The number of carboxylic acids is 1. The van der Waals surface area contributed by atoms with E-state index < -0.39 is 23.0 Å². The van der Waals surface area contributed by atoms with Gasteiger partial charge in [-0.3, -0.25) is 9.69 Å². The van der Waals surface area contributed by atoms with Crippen LogP contribution in [0.3, 0.4) is 0 Å². The summed E-state index contributed by atoms with van der Waals surface area (Å²) in [5.41, 5.74) is 1.03. The van der Waals surface area contributed by atoms with Crippen LogP contribution in [0.15, 0.2) is 78.9 Å². The summed E-state index contributed by atoms with van der Waals surface area (Å²) >= 11 is 0. The molecule has 1 N–H and O–H groups in total. The molecule has 0 spiro atoms. The highest BCUT2D eigenvalue weighted by Gasteiger charge is 2.50. The van der Waals surface area contributed by atoms with Crippen molar-refractivity contribution in [2.45, 2.75) is 18.4 Å². The van der Waals surface area contributed by atoms with Gasteiger partial charge in [0.25, 0.3) is 0 Å². The quantitative estimate of drug-likeness (QED) is 0.623. The maximum atomic E-state index is 13.8. The molecule has 4 rings (SSSR count). The van der Waals surface area contributed by atoms with Crippen LogP contribution in [-0.4, -0.2) is 29.1 Å². The number of benzene rings is 3. The normalized spacial score (nSPS) is 16.8. The third-order valence-corrected chi connectivity index (χ3v) is 6.23. The monoisotopic (exact) mass is 407 g/mol. The molecule has 1 unspecified atom stereocenters. The van der Waals surface area contributed by atoms with Crippen LogP contribution in [0.5, 0.6) is 0 Å². The standard InChI is InChI=1S/C25H23F2NO2/c1-25(24(29)30,19-12-21(26)14-22(27)13-19)20-15-28(16-20)23(17-8-4-2-5-9-17)18-10-6-3-7-11-18/h2-14,20,23H,15-16H2,1H3,(H,29,30). The zero-order valence-corrected chi connectivity index (χ0v) is 16.6. The molecule has 1 aliphatic heterocycles. The fraction of sp³-hybridized carbons (Fsp3) is 0.240. The fourth-order valence-electron chi connectivity index (χ4n) is 4.36. The number of nitrogens with zero attached hydrogens (tertiary/aromatic N) is 1. The Kier molecular flexibility index (Phi) is 5.39. The highest BCUT2D eigenvalue weighted by Crippen LogP contribution is 2.43. The maximum absolute atomic E-state index is 13.8. The number of aliphatic carboxylic acids is 1. The summed E-state index contributed by atoms with van der Waals surface area (Å²) in [4.78, 5) is 14.4. The first-order valence-corrected chi connectivity index (χ1v) is 9.93. The summed E-state index contributed by atoms with van der Waals surface area (Å²) < 4.78 is 27.6. The van der Waals surface area contributed by atoms with E-state index in [9.17, 15) is 18.7 Å². The first-order valence-electron chi connectivity index (χ1n) is 9.93. The van der Waals surface area contributed by atoms with E-state index in [4.69, 9.17) is 0 Å². The van der Waals surface area contributed by atoms with E-state index in [-0.39, 0.29) is 17.5 Å². The number of hydrogen-bond acceptors (Lipinski definition) is 2. The van der Waals surface area contributed by atoms with Crippen LogP contribution in [0, 0.1) is 17.6 Å². The van der Waals surface area contributed by atoms with Crippen molar-refractivity contribution in [3.8, 4) is 0 Å². The van der Waals surface area contributed by atoms with E-state index in [0.717, 1.165) is 29.3 Å². The Hall–Kier alpha value is -3.05. The number of hydrogen-bond donors (Lipinski definition) is 1. The van der Waals surface area contributed by atoms with Gasteiger partial charge in [0, 0.05) is 25.1 Å². The third-order valence-electron chi connectivity index (χ3n) is 6.23. The van der Waals surface area contributed by atoms with Crippen LogP contribution in [0.2, 0.25) is 0 Å². The average Bonchev–Trinajstić information content (AvgIpc) is 2.70. The van der Waals surface area contributed by atoms with E-state index in [2.05, 4.69) is 29.2 Å². The van der Waals surface area contributed by atoms with Crippen molar-refractivity contribution in [1.82, 2.24) is 4.90 Å². The minimum Gasteiger partial charge on any atom is -0.481 e. The lowest BCUT2D eigenvalue weighted by atomic mass is 9.67. The van der Waals surface area contributed by atoms with Crippen molar-refractivity contribution >= 4 is 5.97 Å². The van der Waals surface area contributed by atoms with Crippen molar-refractivity contribution in [3.05, 3.63) is 107 Å².